The number of hydrogen-bond acceptors (Lipinski definition) is 2. The van der Waals surface area contributed by atoms with Crippen LogP contribution >= 0.6 is 0 Å². The van der Waals surface area contributed by atoms with Crippen LogP contribution in [0.2, 0.25) is 0 Å². The first-order valence-electron chi connectivity index (χ1n) is 5.02. The number of aliphatic carboxylic acids is 1. The molecular formula is C10H19NO2. The minimum atomic E-state index is -0.688. The third-order valence-electron chi connectivity index (χ3n) is 3.24. The molecule has 1 aliphatic heterocycles. The van der Waals surface area contributed by atoms with Gasteiger partial charge in [0.1, 0.15) is 0 Å². The van der Waals surface area contributed by atoms with Crippen molar-refractivity contribution in [2.75, 3.05) is 6.54 Å². The summed E-state index contributed by atoms with van der Waals surface area (Å²) in [5.74, 6) is -0.952. The van der Waals surface area contributed by atoms with E-state index in [0.717, 1.165) is 6.54 Å². The molecule has 1 fully saturated rings. The van der Waals surface area contributed by atoms with Crippen LogP contribution in [-0.2, 0) is 4.79 Å². The Balaban J connectivity index is 2.55. The zero-order chi connectivity index (χ0) is 10.0. The van der Waals surface area contributed by atoms with Gasteiger partial charge in [-0.1, -0.05) is 6.92 Å². The summed E-state index contributed by atoms with van der Waals surface area (Å²) in [4.78, 5) is 13.1. The van der Waals surface area contributed by atoms with E-state index in [-0.39, 0.29) is 12.0 Å². The SMILES string of the molecule is CC(C(=O)O)C(C)N1CCCC1C. The molecule has 1 aliphatic rings. The zero-order valence-corrected chi connectivity index (χ0v) is 8.66. The summed E-state index contributed by atoms with van der Waals surface area (Å²) in [6.07, 6.45) is 2.41. The van der Waals surface area contributed by atoms with Crippen molar-refractivity contribution < 1.29 is 9.90 Å². The molecule has 0 radical (unpaired) electrons. The van der Waals surface area contributed by atoms with Gasteiger partial charge in [-0.25, -0.2) is 0 Å². The molecule has 3 nitrogen and oxygen atoms in total. The predicted molar refractivity (Wildman–Crippen MR) is 51.7 cm³/mol. The lowest BCUT2D eigenvalue weighted by Gasteiger charge is -2.30. The van der Waals surface area contributed by atoms with Crippen LogP contribution in [0.3, 0.4) is 0 Å². The molecule has 0 aromatic rings. The van der Waals surface area contributed by atoms with Crippen LogP contribution in [0.25, 0.3) is 0 Å². The van der Waals surface area contributed by atoms with Gasteiger partial charge >= 0.3 is 5.97 Å². The van der Waals surface area contributed by atoms with Gasteiger partial charge < -0.3 is 5.11 Å². The molecule has 0 amide bonds. The van der Waals surface area contributed by atoms with E-state index in [9.17, 15) is 4.79 Å². The van der Waals surface area contributed by atoms with Crippen LogP contribution in [0.1, 0.15) is 33.6 Å². The van der Waals surface area contributed by atoms with E-state index in [2.05, 4.69) is 11.8 Å². The maximum Gasteiger partial charge on any atom is 0.307 e. The van der Waals surface area contributed by atoms with Gasteiger partial charge in [0.25, 0.3) is 0 Å². The molecule has 3 heteroatoms. The maximum atomic E-state index is 10.8. The fraction of sp³-hybridized carbons (Fsp3) is 0.900. The molecule has 0 aromatic carbocycles. The van der Waals surface area contributed by atoms with Crippen LogP contribution < -0.4 is 0 Å². The first-order valence-corrected chi connectivity index (χ1v) is 5.02. The van der Waals surface area contributed by atoms with Gasteiger partial charge in [0.15, 0.2) is 0 Å². The predicted octanol–water partition coefficient (Wildman–Crippen LogP) is 1.58. The Hall–Kier alpha value is -0.570. The van der Waals surface area contributed by atoms with Gasteiger partial charge in [0, 0.05) is 12.1 Å². The van der Waals surface area contributed by atoms with Crippen molar-refractivity contribution in [2.45, 2.75) is 45.7 Å². The molecule has 1 saturated heterocycles. The minimum absolute atomic E-state index is 0.162. The number of hydrogen-bond donors (Lipinski definition) is 1. The van der Waals surface area contributed by atoms with Gasteiger partial charge in [0.05, 0.1) is 5.92 Å². The topological polar surface area (TPSA) is 40.5 Å². The van der Waals surface area contributed by atoms with Gasteiger partial charge in [-0.2, -0.15) is 0 Å². The van der Waals surface area contributed by atoms with Crippen LogP contribution in [0.5, 0.6) is 0 Å². The Kier molecular flexibility index (Phi) is 3.31. The Morgan fingerprint density at radius 2 is 2.15 bits per heavy atom. The summed E-state index contributed by atoms with van der Waals surface area (Å²) < 4.78 is 0. The second-order valence-electron chi connectivity index (χ2n) is 4.10. The molecule has 1 N–H and O–H groups in total. The first kappa shape index (κ1) is 10.5. The van der Waals surface area contributed by atoms with E-state index in [1.807, 2.05) is 6.92 Å². The number of likely N-dealkylation sites (tertiary alicyclic amines) is 1. The monoisotopic (exact) mass is 185 g/mol. The fourth-order valence-electron chi connectivity index (χ4n) is 2.05. The maximum absolute atomic E-state index is 10.8. The number of carbonyl (C=O) groups is 1. The van der Waals surface area contributed by atoms with Gasteiger partial charge in [-0.05, 0) is 33.2 Å². The smallest absolute Gasteiger partial charge is 0.307 e. The number of nitrogens with zero attached hydrogens (tertiary/aromatic N) is 1. The van der Waals surface area contributed by atoms with Crippen LogP contribution in [-0.4, -0.2) is 34.6 Å². The van der Waals surface area contributed by atoms with Crippen molar-refractivity contribution in [2.24, 2.45) is 5.92 Å². The van der Waals surface area contributed by atoms with Crippen molar-refractivity contribution in [3.63, 3.8) is 0 Å². The van der Waals surface area contributed by atoms with Crippen molar-refractivity contribution in [1.29, 1.82) is 0 Å². The highest BCUT2D eigenvalue weighted by atomic mass is 16.4. The van der Waals surface area contributed by atoms with Crippen molar-refractivity contribution in [3.05, 3.63) is 0 Å². The van der Waals surface area contributed by atoms with E-state index in [1.165, 1.54) is 12.8 Å². The highest BCUT2D eigenvalue weighted by molar-refractivity contribution is 5.70. The van der Waals surface area contributed by atoms with E-state index in [4.69, 9.17) is 5.11 Å². The Morgan fingerprint density at radius 3 is 2.54 bits per heavy atom. The molecule has 1 heterocycles. The van der Waals surface area contributed by atoms with Gasteiger partial charge in [-0.15, -0.1) is 0 Å². The molecule has 3 unspecified atom stereocenters. The molecule has 76 valence electrons. The Labute approximate surface area is 79.7 Å². The second-order valence-corrected chi connectivity index (χ2v) is 4.10. The molecule has 13 heavy (non-hydrogen) atoms. The van der Waals surface area contributed by atoms with Crippen molar-refractivity contribution in [3.8, 4) is 0 Å². The molecule has 0 saturated carbocycles. The van der Waals surface area contributed by atoms with E-state index >= 15 is 0 Å². The quantitative estimate of drug-likeness (QED) is 0.725. The second kappa shape index (κ2) is 4.09. The third-order valence-corrected chi connectivity index (χ3v) is 3.24. The van der Waals surface area contributed by atoms with E-state index in [1.54, 1.807) is 6.92 Å². The van der Waals surface area contributed by atoms with Crippen LogP contribution in [0.15, 0.2) is 0 Å². The normalized spacial score (nSPS) is 28.7. The number of carboxylic acids is 1. The summed E-state index contributed by atoms with van der Waals surface area (Å²) in [6, 6.07) is 0.715. The summed E-state index contributed by atoms with van der Waals surface area (Å²) >= 11 is 0. The molecule has 1 rings (SSSR count). The summed E-state index contributed by atoms with van der Waals surface area (Å²) in [7, 11) is 0. The lowest BCUT2D eigenvalue weighted by atomic mass is 10.0. The standard InChI is InChI=1S/C10H19NO2/c1-7-5-4-6-11(7)9(3)8(2)10(12)13/h7-9H,4-6H2,1-3H3,(H,12,13). The largest absolute Gasteiger partial charge is 0.481 e. The third kappa shape index (κ3) is 2.21. The number of carboxylic acid groups (broad SMARTS) is 1. The Bertz CT molecular complexity index is 193. The summed E-state index contributed by atoms with van der Waals surface area (Å²) in [5.41, 5.74) is 0. The molecule has 0 aliphatic carbocycles. The fourth-order valence-corrected chi connectivity index (χ4v) is 2.05. The van der Waals surface area contributed by atoms with E-state index in [0.29, 0.717) is 6.04 Å². The zero-order valence-electron chi connectivity index (χ0n) is 8.66. The van der Waals surface area contributed by atoms with Crippen LogP contribution in [0.4, 0.5) is 0 Å². The molecule has 3 atom stereocenters. The highest BCUT2D eigenvalue weighted by Gasteiger charge is 2.30. The van der Waals surface area contributed by atoms with Gasteiger partial charge in [-0.3, -0.25) is 9.69 Å². The minimum Gasteiger partial charge on any atom is -0.481 e. The molecule has 0 spiro atoms. The number of rotatable bonds is 3. The average molecular weight is 185 g/mol. The van der Waals surface area contributed by atoms with Crippen molar-refractivity contribution >= 4 is 5.97 Å². The lowest BCUT2D eigenvalue weighted by Crippen LogP contribution is -2.42. The summed E-state index contributed by atoms with van der Waals surface area (Å²) in [6.45, 7) is 7.04. The van der Waals surface area contributed by atoms with Gasteiger partial charge in [0.2, 0.25) is 0 Å². The first-order chi connectivity index (χ1) is 6.04. The molecule has 0 bridgehead atoms. The Morgan fingerprint density at radius 1 is 1.54 bits per heavy atom. The average Bonchev–Trinajstić information content (AvgIpc) is 2.48. The molecular weight excluding hydrogens is 166 g/mol. The van der Waals surface area contributed by atoms with Crippen LogP contribution in [0, 0.1) is 5.92 Å². The summed E-state index contributed by atoms with van der Waals surface area (Å²) in [5, 5.41) is 8.87. The highest BCUT2D eigenvalue weighted by Crippen LogP contribution is 2.23. The van der Waals surface area contributed by atoms with Crippen molar-refractivity contribution in [1.82, 2.24) is 4.90 Å². The van der Waals surface area contributed by atoms with E-state index < -0.39 is 5.97 Å². The lowest BCUT2D eigenvalue weighted by molar-refractivity contribution is -0.143. The molecule has 0 aromatic heterocycles.